The summed E-state index contributed by atoms with van der Waals surface area (Å²) < 4.78 is 13.1. The molecular formula is C26H29FN4O2S. The molecule has 1 fully saturated rings. The highest BCUT2D eigenvalue weighted by atomic mass is 32.1. The fourth-order valence-electron chi connectivity index (χ4n) is 4.32. The van der Waals surface area contributed by atoms with Crippen LogP contribution in [0.5, 0.6) is 0 Å². The van der Waals surface area contributed by atoms with E-state index in [0.717, 1.165) is 36.6 Å². The van der Waals surface area contributed by atoms with Gasteiger partial charge in [-0.25, -0.2) is 4.39 Å². The van der Waals surface area contributed by atoms with E-state index < -0.39 is 11.8 Å². The first kappa shape index (κ1) is 23.9. The quantitative estimate of drug-likeness (QED) is 0.508. The Morgan fingerprint density at radius 3 is 2.29 bits per heavy atom. The minimum atomic E-state index is -0.699. The zero-order chi connectivity index (χ0) is 23.9. The number of benzene rings is 2. The van der Waals surface area contributed by atoms with Crippen LogP contribution in [0, 0.1) is 5.82 Å². The predicted molar refractivity (Wildman–Crippen MR) is 133 cm³/mol. The number of nitrogens with one attached hydrogen (secondary N) is 2. The van der Waals surface area contributed by atoms with Crippen molar-refractivity contribution in [2.45, 2.75) is 25.6 Å². The van der Waals surface area contributed by atoms with Gasteiger partial charge in [0.2, 0.25) is 0 Å². The average molecular weight is 481 g/mol. The molecule has 34 heavy (non-hydrogen) atoms. The van der Waals surface area contributed by atoms with Gasteiger partial charge in [0.1, 0.15) is 5.82 Å². The number of hydrogen-bond acceptors (Lipinski definition) is 5. The normalized spacial score (nSPS) is 16.0. The van der Waals surface area contributed by atoms with Crippen LogP contribution in [-0.4, -0.2) is 48.9 Å². The number of nitrogens with zero attached hydrogens (tertiary/aromatic N) is 2. The van der Waals surface area contributed by atoms with E-state index >= 15 is 0 Å². The Kier molecular flexibility index (Phi) is 7.92. The van der Waals surface area contributed by atoms with Gasteiger partial charge in [0.05, 0.1) is 6.04 Å². The molecule has 2 N–H and O–H groups in total. The van der Waals surface area contributed by atoms with Crippen molar-refractivity contribution in [3.8, 4) is 0 Å². The number of piperazine rings is 1. The first-order chi connectivity index (χ1) is 16.5. The minimum Gasteiger partial charge on any atom is -0.369 e. The fourth-order valence-corrected chi connectivity index (χ4v) is 5.28. The molecule has 178 valence electrons. The summed E-state index contributed by atoms with van der Waals surface area (Å²) in [7, 11) is 0. The maximum atomic E-state index is 13.1. The summed E-state index contributed by atoms with van der Waals surface area (Å²) in [6.45, 7) is 5.61. The lowest BCUT2D eigenvalue weighted by Gasteiger charge is -2.42. The average Bonchev–Trinajstić information content (AvgIpc) is 3.39. The Morgan fingerprint density at radius 2 is 1.65 bits per heavy atom. The summed E-state index contributed by atoms with van der Waals surface area (Å²) in [6, 6.07) is 20.0. The summed E-state index contributed by atoms with van der Waals surface area (Å²) in [5, 5.41) is 7.54. The zero-order valence-corrected chi connectivity index (χ0v) is 19.9. The summed E-state index contributed by atoms with van der Waals surface area (Å²) in [5.41, 5.74) is 1.94. The molecule has 1 aliphatic rings. The second-order valence-corrected chi connectivity index (χ2v) is 9.37. The van der Waals surface area contributed by atoms with Crippen LogP contribution >= 0.6 is 11.3 Å². The molecule has 0 spiro atoms. The smallest absolute Gasteiger partial charge is 0.309 e. The largest absolute Gasteiger partial charge is 0.369 e. The summed E-state index contributed by atoms with van der Waals surface area (Å²) >= 11 is 1.66. The Morgan fingerprint density at radius 1 is 0.941 bits per heavy atom. The van der Waals surface area contributed by atoms with Crippen molar-refractivity contribution in [2.75, 3.05) is 31.1 Å². The second-order valence-electron chi connectivity index (χ2n) is 8.39. The van der Waals surface area contributed by atoms with E-state index in [4.69, 9.17) is 0 Å². The van der Waals surface area contributed by atoms with Gasteiger partial charge < -0.3 is 15.5 Å². The van der Waals surface area contributed by atoms with Crippen molar-refractivity contribution in [1.29, 1.82) is 0 Å². The third-order valence-electron chi connectivity index (χ3n) is 6.07. The molecule has 2 atom stereocenters. The molecule has 1 aromatic heterocycles. The van der Waals surface area contributed by atoms with Gasteiger partial charge in [-0.2, -0.15) is 0 Å². The highest BCUT2D eigenvalue weighted by Crippen LogP contribution is 2.30. The highest BCUT2D eigenvalue weighted by Gasteiger charge is 2.31. The monoisotopic (exact) mass is 480 g/mol. The van der Waals surface area contributed by atoms with Gasteiger partial charge in [0.25, 0.3) is 0 Å². The Labute approximate surface area is 203 Å². The van der Waals surface area contributed by atoms with Crippen LogP contribution < -0.4 is 15.5 Å². The molecule has 2 unspecified atom stereocenters. The van der Waals surface area contributed by atoms with Gasteiger partial charge in [-0.1, -0.05) is 36.4 Å². The number of rotatable bonds is 7. The molecule has 4 rings (SSSR count). The van der Waals surface area contributed by atoms with Gasteiger partial charge in [0, 0.05) is 49.3 Å². The zero-order valence-electron chi connectivity index (χ0n) is 19.1. The number of carbonyl (C=O) groups is 2. The van der Waals surface area contributed by atoms with Crippen molar-refractivity contribution in [3.63, 3.8) is 0 Å². The fraction of sp³-hybridized carbons (Fsp3) is 0.308. The molecule has 6 nitrogen and oxygen atoms in total. The standard InChI is InChI=1S/C26H29FN4O2S/c1-19(29-26(33)25(32)28-18-20-9-11-21(27)12-10-20)24(23-8-5-17-34-23)31-15-13-30(14-16-31)22-6-3-2-4-7-22/h2-12,17,19,24H,13-16,18H2,1H3,(H,28,32)(H,29,33). The SMILES string of the molecule is CC(NC(=O)C(=O)NCc1ccc(F)cc1)C(c1cccs1)N1CCN(c2ccccc2)CC1. The summed E-state index contributed by atoms with van der Waals surface area (Å²) in [4.78, 5) is 30.9. The topological polar surface area (TPSA) is 64.7 Å². The van der Waals surface area contributed by atoms with Crippen LogP contribution in [0.25, 0.3) is 0 Å². The molecule has 0 radical (unpaired) electrons. The van der Waals surface area contributed by atoms with Crippen molar-refractivity contribution < 1.29 is 14.0 Å². The molecule has 0 saturated carbocycles. The van der Waals surface area contributed by atoms with E-state index in [-0.39, 0.29) is 24.4 Å². The maximum absolute atomic E-state index is 13.1. The predicted octanol–water partition coefficient (Wildman–Crippen LogP) is 3.57. The van der Waals surface area contributed by atoms with Gasteiger partial charge in [-0.3, -0.25) is 14.5 Å². The van der Waals surface area contributed by atoms with Gasteiger partial charge in [-0.15, -0.1) is 11.3 Å². The van der Waals surface area contributed by atoms with Crippen LogP contribution in [0.1, 0.15) is 23.4 Å². The van der Waals surface area contributed by atoms with Crippen LogP contribution in [0.2, 0.25) is 0 Å². The first-order valence-corrected chi connectivity index (χ1v) is 12.3. The van der Waals surface area contributed by atoms with Crippen LogP contribution in [0.3, 0.4) is 0 Å². The lowest BCUT2D eigenvalue weighted by atomic mass is 10.0. The van der Waals surface area contributed by atoms with E-state index in [0.29, 0.717) is 0 Å². The van der Waals surface area contributed by atoms with E-state index in [1.807, 2.05) is 24.4 Å². The lowest BCUT2D eigenvalue weighted by molar-refractivity contribution is -0.140. The molecule has 0 bridgehead atoms. The van der Waals surface area contributed by atoms with Crippen LogP contribution in [0.4, 0.5) is 10.1 Å². The van der Waals surface area contributed by atoms with Crippen LogP contribution in [0.15, 0.2) is 72.1 Å². The van der Waals surface area contributed by atoms with E-state index in [1.54, 1.807) is 23.5 Å². The molecule has 1 aliphatic heterocycles. The lowest BCUT2D eigenvalue weighted by Crippen LogP contribution is -2.53. The van der Waals surface area contributed by atoms with E-state index in [1.165, 1.54) is 17.8 Å². The molecule has 1 saturated heterocycles. The number of anilines is 1. The maximum Gasteiger partial charge on any atom is 0.309 e. The molecule has 0 aliphatic carbocycles. The van der Waals surface area contributed by atoms with Crippen molar-refractivity contribution in [1.82, 2.24) is 15.5 Å². The van der Waals surface area contributed by atoms with Crippen LogP contribution in [-0.2, 0) is 16.1 Å². The molecular weight excluding hydrogens is 451 g/mol. The molecule has 2 heterocycles. The first-order valence-electron chi connectivity index (χ1n) is 11.4. The Balaban J connectivity index is 1.36. The van der Waals surface area contributed by atoms with Crippen molar-refractivity contribution in [3.05, 3.63) is 88.4 Å². The number of carbonyl (C=O) groups excluding carboxylic acids is 2. The number of amides is 2. The Hall–Kier alpha value is -3.23. The highest BCUT2D eigenvalue weighted by molar-refractivity contribution is 7.10. The molecule has 2 amide bonds. The van der Waals surface area contributed by atoms with E-state index in [2.05, 4.69) is 50.8 Å². The van der Waals surface area contributed by atoms with Crippen molar-refractivity contribution >= 4 is 28.8 Å². The second kappa shape index (κ2) is 11.3. The van der Waals surface area contributed by atoms with E-state index in [9.17, 15) is 14.0 Å². The number of thiophene rings is 1. The van der Waals surface area contributed by atoms with Gasteiger partial charge >= 0.3 is 11.8 Å². The van der Waals surface area contributed by atoms with Gasteiger partial charge in [-0.05, 0) is 48.2 Å². The number of halogens is 1. The molecule has 2 aromatic carbocycles. The number of para-hydroxylation sites is 1. The third-order valence-corrected chi connectivity index (χ3v) is 7.01. The number of hydrogen-bond donors (Lipinski definition) is 2. The Bertz CT molecular complexity index is 1070. The summed E-state index contributed by atoms with van der Waals surface area (Å²) in [6.07, 6.45) is 0. The van der Waals surface area contributed by atoms with Gasteiger partial charge in [0.15, 0.2) is 0 Å². The summed E-state index contributed by atoms with van der Waals surface area (Å²) in [5.74, 6) is -1.71. The minimum absolute atomic E-state index is 0.0215. The third kappa shape index (κ3) is 6.01. The molecule has 8 heteroatoms. The molecule has 3 aromatic rings. The van der Waals surface area contributed by atoms with Crippen molar-refractivity contribution in [2.24, 2.45) is 0 Å².